The molecular formula is C18H21N3O3. The zero-order chi connectivity index (χ0) is 17.5. The summed E-state index contributed by atoms with van der Waals surface area (Å²) in [5, 5.41) is 2.79. The van der Waals surface area contributed by atoms with E-state index in [4.69, 9.17) is 10.5 Å². The van der Waals surface area contributed by atoms with Crippen LogP contribution in [0.2, 0.25) is 0 Å². The summed E-state index contributed by atoms with van der Waals surface area (Å²) in [5.41, 5.74) is 6.74. The number of methoxy groups -OCH3 is 1. The molecule has 3 N–H and O–H groups in total. The van der Waals surface area contributed by atoms with E-state index in [1.165, 1.54) is 4.90 Å². The molecule has 0 spiro atoms. The minimum absolute atomic E-state index is 0.194. The number of rotatable bonds is 6. The van der Waals surface area contributed by atoms with Crippen LogP contribution in [0.4, 0.5) is 11.4 Å². The minimum atomic E-state index is -0.728. The van der Waals surface area contributed by atoms with E-state index in [2.05, 4.69) is 5.32 Å². The Morgan fingerprint density at radius 3 is 2.50 bits per heavy atom. The van der Waals surface area contributed by atoms with Crippen LogP contribution >= 0.6 is 0 Å². The lowest BCUT2D eigenvalue weighted by molar-refractivity contribution is -0.122. The molecule has 0 bridgehead atoms. The average molecular weight is 327 g/mol. The summed E-state index contributed by atoms with van der Waals surface area (Å²) in [7, 11) is 1.54. The van der Waals surface area contributed by atoms with Crippen molar-refractivity contribution in [1.82, 2.24) is 0 Å². The van der Waals surface area contributed by atoms with Gasteiger partial charge in [0, 0.05) is 17.4 Å². The van der Waals surface area contributed by atoms with Crippen molar-refractivity contribution in [3.8, 4) is 5.75 Å². The number of nitrogens with two attached hydrogens (primary N) is 1. The SMILES string of the molecule is COc1cccc(N(C(=O)CN)C(C)C(=O)Nc2ccccc2)c1. The van der Waals surface area contributed by atoms with E-state index < -0.39 is 6.04 Å². The summed E-state index contributed by atoms with van der Waals surface area (Å²) in [6, 6.07) is 15.3. The Morgan fingerprint density at radius 2 is 1.88 bits per heavy atom. The fourth-order valence-electron chi connectivity index (χ4n) is 2.33. The average Bonchev–Trinajstić information content (AvgIpc) is 2.62. The Bertz CT molecular complexity index is 704. The van der Waals surface area contributed by atoms with E-state index in [-0.39, 0.29) is 18.4 Å². The number of ether oxygens (including phenoxy) is 1. The van der Waals surface area contributed by atoms with E-state index in [0.717, 1.165) is 0 Å². The van der Waals surface area contributed by atoms with Crippen molar-refractivity contribution in [2.45, 2.75) is 13.0 Å². The largest absolute Gasteiger partial charge is 0.497 e. The molecule has 2 rings (SSSR count). The summed E-state index contributed by atoms with van der Waals surface area (Å²) < 4.78 is 5.18. The molecule has 0 fully saturated rings. The lowest BCUT2D eigenvalue weighted by Crippen LogP contribution is -2.48. The first-order chi connectivity index (χ1) is 11.6. The number of carbonyl (C=O) groups is 2. The van der Waals surface area contributed by atoms with Crippen molar-refractivity contribution in [3.05, 3.63) is 54.6 Å². The molecule has 24 heavy (non-hydrogen) atoms. The third kappa shape index (κ3) is 4.11. The predicted molar refractivity (Wildman–Crippen MR) is 94.1 cm³/mol. The number of nitrogens with one attached hydrogen (secondary N) is 1. The van der Waals surface area contributed by atoms with Gasteiger partial charge in [-0.05, 0) is 31.2 Å². The fraction of sp³-hybridized carbons (Fsp3) is 0.222. The number of carbonyl (C=O) groups excluding carboxylic acids is 2. The molecule has 0 saturated heterocycles. The summed E-state index contributed by atoms with van der Waals surface area (Å²) >= 11 is 0. The molecule has 6 heteroatoms. The standard InChI is InChI=1S/C18H21N3O3/c1-13(18(23)20-14-7-4-3-5-8-14)21(17(22)12-19)15-9-6-10-16(11-15)24-2/h3-11,13H,12,19H2,1-2H3,(H,20,23). The molecule has 1 unspecified atom stereocenters. The van der Waals surface area contributed by atoms with E-state index >= 15 is 0 Å². The van der Waals surface area contributed by atoms with Gasteiger partial charge >= 0.3 is 0 Å². The zero-order valence-electron chi connectivity index (χ0n) is 13.7. The van der Waals surface area contributed by atoms with Crippen molar-refractivity contribution >= 4 is 23.2 Å². The molecule has 126 valence electrons. The molecule has 0 saturated carbocycles. The number of anilines is 2. The third-order valence-corrected chi connectivity index (χ3v) is 3.58. The molecule has 0 heterocycles. The molecule has 1 atom stereocenters. The highest BCUT2D eigenvalue weighted by Crippen LogP contribution is 2.23. The fourth-order valence-corrected chi connectivity index (χ4v) is 2.33. The first kappa shape index (κ1) is 17.5. The van der Waals surface area contributed by atoms with Crippen LogP contribution in [0.25, 0.3) is 0 Å². The van der Waals surface area contributed by atoms with Crippen LogP contribution in [-0.4, -0.2) is 31.5 Å². The van der Waals surface area contributed by atoms with Crippen LogP contribution in [0.1, 0.15) is 6.92 Å². The predicted octanol–water partition coefficient (Wildman–Crippen LogP) is 2.01. The van der Waals surface area contributed by atoms with E-state index in [1.807, 2.05) is 18.2 Å². The number of para-hydroxylation sites is 1. The molecule has 0 aliphatic rings. The van der Waals surface area contributed by atoms with Gasteiger partial charge in [-0.25, -0.2) is 0 Å². The monoisotopic (exact) mass is 327 g/mol. The molecule has 2 aromatic carbocycles. The second-order valence-corrected chi connectivity index (χ2v) is 5.20. The van der Waals surface area contributed by atoms with Gasteiger partial charge in [-0.15, -0.1) is 0 Å². The first-order valence-corrected chi connectivity index (χ1v) is 7.59. The van der Waals surface area contributed by atoms with Gasteiger partial charge < -0.3 is 15.8 Å². The topological polar surface area (TPSA) is 84.7 Å². The van der Waals surface area contributed by atoms with Gasteiger partial charge in [0.2, 0.25) is 11.8 Å². The number of hydrogen-bond acceptors (Lipinski definition) is 4. The second-order valence-electron chi connectivity index (χ2n) is 5.20. The lowest BCUT2D eigenvalue weighted by Gasteiger charge is -2.28. The van der Waals surface area contributed by atoms with Gasteiger partial charge in [0.1, 0.15) is 11.8 Å². The van der Waals surface area contributed by atoms with Gasteiger partial charge in [0.25, 0.3) is 0 Å². The van der Waals surface area contributed by atoms with Crippen LogP contribution in [0.3, 0.4) is 0 Å². The van der Waals surface area contributed by atoms with Crippen LogP contribution in [0.15, 0.2) is 54.6 Å². The number of amides is 2. The van der Waals surface area contributed by atoms with Gasteiger partial charge in [-0.2, -0.15) is 0 Å². The highest BCUT2D eigenvalue weighted by Gasteiger charge is 2.27. The second kappa shape index (κ2) is 8.12. The zero-order valence-corrected chi connectivity index (χ0v) is 13.7. The molecule has 2 amide bonds. The van der Waals surface area contributed by atoms with Crippen molar-refractivity contribution in [1.29, 1.82) is 0 Å². The van der Waals surface area contributed by atoms with Gasteiger partial charge in [0.05, 0.1) is 13.7 Å². The quantitative estimate of drug-likeness (QED) is 0.850. The van der Waals surface area contributed by atoms with Gasteiger partial charge in [0.15, 0.2) is 0 Å². The van der Waals surface area contributed by atoms with E-state index in [9.17, 15) is 9.59 Å². The normalized spacial score (nSPS) is 11.5. The maximum Gasteiger partial charge on any atom is 0.247 e. The van der Waals surface area contributed by atoms with Crippen molar-refractivity contribution in [2.75, 3.05) is 23.9 Å². The third-order valence-electron chi connectivity index (χ3n) is 3.58. The number of benzene rings is 2. The molecule has 0 aliphatic carbocycles. The van der Waals surface area contributed by atoms with Crippen LogP contribution < -0.4 is 20.7 Å². The smallest absolute Gasteiger partial charge is 0.247 e. The highest BCUT2D eigenvalue weighted by atomic mass is 16.5. The highest BCUT2D eigenvalue weighted by molar-refractivity contribution is 6.05. The lowest BCUT2D eigenvalue weighted by atomic mass is 10.2. The molecular weight excluding hydrogens is 306 g/mol. The Morgan fingerprint density at radius 1 is 1.17 bits per heavy atom. The Balaban J connectivity index is 2.26. The summed E-state index contributed by atoms with van der Waals surface area (Å²) in [6.45, 7) is 1.46. The van der Waals surface area contributed by atoms with Crippen molar-refractivity contribution in [2.24, 2.45) is 5.73 Å². The van der Waals surface area contributed by atoms with E-state index in [0.29, 0.717) is 17.1 Å². The molecule has 6 nitrogen and oxygen atoms in total. The summed E-state index contributed by atoms with van der Waals surface area (Å²) in [6.07, 6.45) is 0. The van der Waals surface area contributed by atoms with Gasteiger partial charge in [-0.1, -0.05) is 24.3 Å². The summed E-state index contributed by atoms with van der Waals surface area (Å²) in [4.78, 5) is 26.2. The Hall–Kier alpha value is -2.86. The maximum absolute atomic E-state index is 12.5. The first-order valence-electron chi connectivity index (χ1n) is 7.59. The minimum Gasteiger partial charge on any atom is -0.497 e. The van der Waals surface area contributed by atoms with Crippen molar-refractivity contribution in [3.63, 3.8) is 0 Å². The molecule has 0 radical (unpaired) electrons. The maximum atomic E-state index is 12.5. The van der Waals surface area contributed by atoms with E-state index in [1.54, 1.807) is 50.4 Å². The van der Waals surface area contributed by atoms with Gasteiger partial charge in [-0.3, -0.25) is 14.5 Å². The molecule has 0 aromatic heterocycles. The Labute approximate surface area is 141 Å². The van der Waals surface area contributed by atoms with Crippen LogP contribution in [0.5, 0.6) is 5.75 Å². The van der Waals surface area contributed by atoms with Crippen LogP contribution in [0, 0.1) is 0 Å². The Kier molecular flexibility index (Phi) is 5.92. The van der Waals surface area contributed by atoms with Crippen molar-refractivity contribution < 1.29 is 14.3 Å². The molecule has 2 aromatic rings. The van der Waals surface area contributed by atoms with Crippen LogP contribution in [-0.2, 0) is 9.59 Å². The number of nitrogens with zero attached hydrogens (tertiary/aromatic N) is 1. The summed E-state index contributed by atoms with van der Waals surface area (Å²) in [5.74, 6) is -0.0530. The molecule has 0 aliphatic heterocycles. The number of hydrogen-bond donors (Lipinski definition) is 2.